The van der Waals surface area contributed by atoms with Crippen molar-refractivity contribution in [2.24, 2.45) is 0 Å². The van der Waals surface area contributed by atoms with Gasteiger partial charge in [-0.15, -0.1) is 0 Å². The maximum atomic E-state index is 12.8. The highest BCUT2D eigenvalue weighted by Crippen LogP contribution is 2.30. The topological polar surface area (TPSA) is 116 Å². The number of nitrogens with zero attached hydrogens (tertiary/aromatic N) is 1. The number of carboxylic acid groups (broad SMARTS) is 1. The fraction of sp³-hybridized carbons (Fsp3) is 0.182. The number of anilines is 2. The van der Waals surface area contributed by atoms with Gasteiger partial charge in [0.2, 0.25) is 0 Å². The number of amides is 2. The molecule has 0 spiro atoms. The number of carbonyl (C=O) groups is 4. The van der Waals surface area contributed by atoms with E-state index in [9.17, 15) is 24.3 Å². The maximum absolute atomic E-state index is 12.8. The van der Waals surface area contributed by atoms with Crippen molar-refractivity contribution in [2.45, 2.75) is 19.8 Å². The van der Waals surface area contributed by atoms with Gasteiger partial charge in [-0.1, -0.05) is 37.1 Å². The van der Waals surface area contributed by atoms with Crippen LogP contribution in [0.1, 0.15) is 40.5 Å². The number of halogens is 1. The van der Waals surface area contributed by atoms with Crippen LogP contribution in [0.5, 0.6) is 0 Å². The molecule has 0 bridgehead atoms. The molecule has 31 heavy (non-hydrogen) atoms. The number of hydrogen-bond donors (Lipinski definition) is 1. The van der Waals surface area contributed by atoms with E-state index in [1.807, 2.05) is 6.92 Å². The van der Waals surface area contributed by atoms with Crippen molar-refractivity contribution < 1.29 is 29.0 Å². The molecule has 1 N–H and O–H groups in total. The molecule has 9 heteroatoms. The number of carbonyl (C=O) groups excluding carboxylic acids is 4. The molecule has 2 aromatic rings. The standard InChI is InChI=1S/C22H19ClN2O6/c1-2-3-11-31-22(30)13-7-9-16(10-8-13)25-19(26)17(23)18(20(25)27)24-15-6-4-5-14(12-15)21(28)29/h4-10,12,24H,2-3,11H2,1H3,(H,28,29)/p-1. The summed E-state index contributed by atoms with van der Waals surface area (Å²) in [7, 11) is 0. The quantitative estimate of drug-likeness (QED) is 0.380. The number of benzene rings is 2. The van der Waals surface area contributed by atoms with Crippen molar-refractivity contribution in [3.05, 3.63) is 70.4 Å². The van der Waals surface area contributed by atoms with Crippen LogP contribution in [-0.2, 0) is 14.3 Å². The molecular weight excluding hydrogens is 424 g/mol. The first-order chi connectivity index (χ1) is 14.8. The second-order valence-corrected chi connectivity index (χ2v) is 7.04. The van der Waals surface area contributed by atoms with E-state index in [1.165, 1.54) is 48.5 Å². The van der Waals surface area contributed by atoms with Gasteiger partial charge in [0.15, 0.2) is 0 Å². The lowest BCUT2D eigenvalue weighted by molar-refractivity contribution is -0.255. The largest absolute Gasteiger partial charge is 0.545 e. The Morgan fingerprint density at radius 2 is 1.77 bits per heavy atom. The predicted molar refractivity (Wildman–Crippen MR) is 111 cm³/mol. The number of imide groups is 1. The molecule has 0 saturated carbocycles. The highest BCUT2D eigenvalue weighted by atomic mass is 35.5. The van der Waals surface area contributed by atoms with E-state index in [4.69, 9.17) is 16.3 Å². The Morgan fingerprint density at radius 1 is 1.06 bits per heavy atom. The van der Waals surface area contributed by atoms with Gasteiger partial charge in [0.25, 0.3) is 11.8 Å². The van der Waals surface area contributed by atoms with Crippen LogP contribution in [0.15, 0.2) is 59.3 Å². The van der Waals surface area contributed by atoms with Crippen LogP contribution in [0.2, 0.25) is 0 Å². The number of nitrogens with one attached hydrogen (secondary N) is 1. The van der Waals surface area contributed by atoms with Gasteiger partial charge in [-0.3, -0.25) is 9.59 Å². The fourth-order valence-electron chi connectivity index (χ4n) is 2.85. The van der Waals surface area contributed by atoms with E-state index < -0.39 is 23.8 Å². The summed E-state index contributed by atoms with van der Waals surface area (Å²) in [5.41, 5.74) is 0.471. The third kappa shape index (κ3) is 4.75. The number of carboxylic acids is 1. The third-order valence-corrected chi connectivity index (χ3v) is 4.84. The molecule has 1 aliphatic heterocycles. The monoisotopic (exact) mass is 441 g/mol. The highest BCUT2D eigenvalue weighted by molar-refractivity contribution is 6.53. The lowest BCUT2D eigenvalue weighted by atomic mass is 10.2. The van der Waals surface area contributed by atoms with E-state index in [1.54, 1.807) is 0 Å². The summed E-state index contributed by atoms with van der Waals surface area (Å²) in [6.07, 6.45) is 1.65. The van der Waals surface area contributed by atoms with Gasteiger partial charge >= 0.3 is 5.97 Å². The minimum Gasteiger partial charge on any atom is -0.545 e. The fourth-order valence-corrected chi connectivity index (χ4v) is 3.07. The summed E-state index contributed by atoms with van der Waals surface area (Å²) in [5, 5.41) is 13.4. The Morgan fingerprint density at radius 3 is 2.42 bits per heavy atom. The van der Waals surface area contributed by atoms with Gasteiger partial charge < -0.3 is 20.0 Å². The molecule has 0 atom stereocenters. The van der Waals surface area contributed by atoms with Crippen LogP contribution in [-0.4, -0.2) is 30.4 Å². The molecule has 3 rings (SSSR count). The van der Waals surface area contributed by atoms with Crippen molar-refractivity contribution in [3.8, 4) is 0 Å². The summed E-state index contributed by atoms with van der Waals surface area (Å²) in [6, 6.07) is 11.3. The SMILES string of the molecule is CCCCOC(=O)c1ccc(N2C(=O)C(Cl)=C(Nc3cccc(C(=O)[O-])c3)C2=O)cc1. The normalized spacial score (nSPS) is 13.5. The van der Waals surface area contributed by atoms with Crippen molar-refractivity contribution in [2.75, 3.05) is 16.8 Å². The van der Waals surface area contributed by atoms with Crippen LogP contribution in [0.3, 0.4) is 0 Å². The first-order valence-corrected chi connectivity index (χ1v) is 9.85. The molecule has 1 aliphatic rings. The minimum absolute atomic E-state index is 0.100. The number of aromatic carboxylic acids is 1. The van der Waals surface area contributed by atoms with Crippen LogP contribution < -0.4 is 15.3 Å². The first kappa shape index (κ1) is 22.0. The smallest absolute Gasteiger partial charge is 0.338 e. The number of hydrogen-bond acceptors (Lipinski definition) is 7. The average Bonchev–Trinajstić information content (AvgIpc) is 2.97. The Hall–Kier alpha value is -3.65. The highest BCUT2D eigenvalue weighted by Gasteiger charge is 2.39. The molecule has 160 valence electrons. The zero-order chi connectivity index (χ0) is 22.5. The number of rotatable bonds is 8. The molecule has 2 amide bonds. The summed E-state index contributed by atoms with van der Waals surface area (Å²) in [6.45, 7) is 2.29. The van der Waals surface area contributed by atoms with Crippen LogP contribution in [0.25, 0.3) is 0 Å². The lowest BCUT2D eigenvalue weighted by Gasteiger charge is -2.15. The zero-order valence-electron chi connectivity index (χ0n) is 16.5. The second kappa shape index (κ2) is 9.44. The molecule has 0 aromatic heterocycles. The molecule has 8 nitrogen and oxygen atoms in total. The van der Waals surface area contributed by atoms with Gasteiger partial charge in [0, 0.05) is 5.69 Å². The molecule has 0 radical (unpaired) electrons. The van der Waals surface area contributed by atoms with Gasteiger partial charge in [-0.2, -0.15) is 0 Å². The van der Waals surface area contributed by atoms with Crippen LogP contribution >= 0.6 is 11.6 Å². The second-order valence-electron chi connectivity index (χ2n) is 6.66. The number of ether oxygens (including phenoxy) is 1. The van der Waals surface area contributed by atoms with Crippen molar-refractivity contribution in [1.29, 1.82) is 0 Å². The molecular formula is C22H18ClN2O6-. The summed E-state index contributed by atoms with van der Waals surface area (Å²) in [4.78, 5) is 49.3. The maximum Gasteiger partial charge on any atom is 0.338 e. The van der Waals surface area contributed by atoms with Gasteiger partial charge in [-0.05, 0) is 48.4 Å². The van der Waals surface area contributed by atoms with E-state index in [2.05, 4.69) is 5.32 Å². The summed E-state index contributed by atoms with van der Waals surface area (Å²) >= 11 is 6.08. The minimum atomic E-state index is -1.38. The van der Waals surface area contributed by atoms with Crippen molar-refractivity contribution in [1.82, 2.24) is 0 Å². The molecule has 1 heterocycles. The van der Waals surface area contributed by atoms with Crippen LogP contribution in [0, 0.1) is 0 Å². The Balaban J connectivity index is 1.77. The predicted octanol–water partition coefficient (Wildman–Crippen LogP) is 2.44. The number of unbranched alkanes of at least 4 members (excludes halogenated alkanes) is 1. The molecule has 0 fully saturated rings. The molecule has 0 aliphatic carbocycles. The Kier molecular flexibility index (Phi) is 6.71. The summed E-state index contributed by atoms with van der Waals surface area (Å²) in [5.74, 6) is -3.34. The number of esters is 1. The van der Waals surface area contributed by atoms with Crippen molar-refractivity contribution in [3.63, 3.8) is 0 Å². The van der Waals surface area contributed by atoms with E-state index in [-0.39, 0.29) is 33.2 Å². The van der Waals surface area contributed by atoms with Crippen molar-refractivity contribution >= 4 is 46.7 Å². The van der Waals surface area contributed by atoms with E-state index in [0.717, 1.165) is 17.7 Å². The third-order valence-electron chi connectivity index (χ3n) is 4.49. The molecule has 0 unspecified atom stereocenters. The summed E-state index contributed by atoms with van der Waals surface area (Å²) < 4.78 is 5.13. The van der Waals surface area contributed by atoms with E-state index >= 15 is 0 Å². The van der Waals surface area contributed by atoms with E-state index in [0.29, 0.717) is 6.61 Å². The average molecular weight is 442 g/mol. The van der Waals surface area contributed by atoms with Gasteiger partial charge in [-0.25, -0.2) is 9.69 Å². The van der Waals surface area contributed by atoms with Crippen LogP contribution in [0.4, 0.5) is 11.4 Å². The molecule has 2 aromatic carbocycles. The lowest BCUT2D eigenvalue weighted by Crippen LogP contribution is -2.32. The van der Waals surface area contributed by atoms with Gasteiger partial charge in [0.05, 0.1) is 23.8 Å². The first-order valence-electron chi connectivity index (χ1n) is 9.47. The Labute approximate surface area is 183 Å². The zero-order valence-corrected chi connectivity index (χ0v) is 17.3. The Bertz CT molecular complexity index is 1080. The van der Waals surface area contributed by atoms with Gasteiger partial charge in [0.1, 0.15) is 10.7 Å². The molecule has 0 saturated heterocycles.